The van der Waals surface area contributed by atoms with Gasteiger partial charge >= 0.3 is 24.5 Å². The summed E-state index contributed by atoms with van der Waals surface area (Å²) in [6.07, 6.45) is -9.19. The third-order valence-electron chi connectivity index (χ3n) is 6.02. The molecule has 4 rings (SSSR count). The van der Waals surface area contributed by atoms with Gasteiger partial charge in [0.05, 0.1) is 23.8 Å². The molecule has 0 atom stereocenters. The van der Waals surface area contributed by atoms with E-state index in [-0.39, 0.29) is 23.2 Å². The molecule has 3 amide bonds. The van der Waals surface area contributed by atoms with Crippen LogP contribution >= 0.6 is 0 Å². The number of aliphatic imine (C=N–C) groups is 1. The van der Waals surface area contributed by atoms with Crippen LogP contribution in [0.5, 0.6) is 5.75 Å². The van der Waals surface area contributed by atoms with E-state index in [1.165, 1.54) is 4.90 Å². The maximum Gasteiger partial charge on any atom is 0.420 e. The first kappa shape index (κ1) is 28.9. The van der Waals surface area contributed by atoms with Crippen LogP contribution in [-0.4, -0.2) is 71.2 Å². The minimum absolute atomic E-state index is 0.0260. The van der Waals surface area contributed by atoms with Crippen molar-refractivity contribution in [2.45, 2.75) is 44.6 Å². The number of hydrogen-bond donors (Lipinski definition) is 1. The smallest absolute Gasteiger partial charge is 0.404 e. The van der Waals surface area contributed by atoms with Crippen LogP contribution in [0.4, 0.5) is 53.4 Å². The molecule has 0 aliphatic carbocycles. The van der Waals surface area contributed by atoms with E-state index in [2.05, 4.69) is 20.3 Å². The standard InChI is InChI=1S/C24H25F6N7O3/c1-22(2)12-37(20(38)34-22)19-31-11-16(18(33-19)32-17-8-5-9-35(17)3)40-21(39)36(13-23(25,26)27)15-7-4-6-14(10-15)24(28,29)30/h4,6-7,10-11H,5,8-9,12-13H2,1-3H3,(H,34,38). The van der Waals surface area contributed by atoms with Crippen LogP contribution in [0.2, 0.25) is 0 Å². The molecule has 2 saturated heterocycles. The minimum Gasteiger partial charge on any atom is -0.404 e. The number of halogens is 6. The van der Waals surface area contributed by atoms with E-state index in [1.807, 2.05) is 0 Å². The predicted octanol–water partition coefficient (Wildman–Crippen LogP) is 5.13. The van der Waals surface area contributed by atoms with E-state index in [1.54, 1.807) is 25.8 Å². The summed E-state index contributed by atoms with van der Waals surface area (Å²) in [5, 5.41) is 2.74. The van der Waals surface area contributed by atoms with Gasteiger partial charge in [0.25, 0.3) is 0 Å². The molecule has 0 radical (unpaired) electrons. The topological polar surface area (TPSA) is 103 Å². The normalized spacial score (nSPS) is 18.3. The number of aromatic nitrogens is 2. The van der Waals surface area contributed by atoms with Gasteiger partial charge in [0.2, 0.25) is 11.8 Å². The first-order valence-corrected chi connectivity index (χ1v) is 12.0. The Kier molecular flexibility index (Phi) is 7.56. The van der Waals surface area contributed by atoms with Crippen molar-refractivity contribution in [2.24, 2.45) is 4.99 Å². The van der Waals surface area contributed by atoms with Crippen LogP contribution in [-0.2, 0) is 6.18 Å². The molecule has 0 spiro atoms. The van der Waals surface area contributed by atoms with Crippen molar-refractivity contribution < 1.29 is 40.7 Å². The Balaban J connectivity index is 1.71. The lowest BCUT2D eigenvalue weighted by Gasteiger charge is -2.24. The molecule has 0 bridgehead atoms. The molecule has 0 unspecified atom stereocenters. The number of rotatable bonds is 5. The summed E-state index contributed by atoms with van der Waals surface area (Å²) in [5.74, 6) is -0.235. The second-order valence-corrected chi connectivity index (χ2v) is 9.93. The number of nitrogens with zero attached hydrogens (tertiary/aromatic N) is 6. The lowest BCUT2D eigenvalue weighted by Crippen LogP contribution is -2.41. The van der Waals surface area contributed by atoms with Crippen LogP contribution in [0.15, 0.2) is 35.5 Å². The van der Waals surface area contributed by atoms with Crippen molar-refractivity contribution in [1.29, 1.82) is 0 Å². The zero-order valence-corrected chi connectivity index (χ0v) is 21.6. The van der Waals surface area contributed by atoms with Gasteiger partial charge in [0.1, 0.15) is 12.4 Å². The van der Waals surface area contributed by atoms with Gasteiger partial charge < -0.3 is 15.0 Å². The SMILES string of the molecule is CN1CCCC1=Nc1nc(N2CC(C)(C)NC2=O)ncc1OC(=O)N(CC(F)(F)F)c1cccc(C(F)(F)F)c1. The van der Waals surface area contributed by atoms with Gasteiger partial charge in [-0.15, -0.1) is 0 Å². The van der Waals surface area contributed by atoms with E-state index in [4.69, 9.17) is 4.74 Å². The molecule has 2 aromatic rings. The number of likely N-dealkylation sites (tertiary alicyclic amines) is 1. The number of amides is 3. The summed E-state index contributed by atoms with van der Waals surface area (Å²) in [5.41, 5.74) is -2.54. The van der Waals surface area contributed by atoms with Crippen LogP contribution < -0.4 is 19.9 Å². The number of ether oxygens (including phenoxy) is 1. The number of alkyl halides is 6. The van der Waals surface area contributed by atoms with Gasteiger partial charge in [-0.1, -0.05) is 6.07 Å². The van der Waals surface area contributed by atoms with Crippen LogP contribution in [0, 0.1) is 0 Å². The average Bonchev–Trinajstić information content (AvgIpc) is 3.37. The van der Waals surface area contributed by atoms with Crippen molar-refractivity contribution in [1.82, 2.24) is 20.2 Å². The van der Waals surface area contributed by atoms with Gasteiger partial charge in [-0.2, -0.15) is 31.3 Å². The Morgan fingerprint density at radius 1 is 1.23 bits per heavy atom. The quantitative estimate of drug-likeness (QED) is 0.498. The van der Waals surface area contributed by atoms with Crippen LogP contribution in [0.3, 0.4) is 0 Å². The molecule has 3 heterocycles. The lowest BCUT2D eigenvalue weighted by molar-refractivity contribution is -0.137. The first-order chi connectivity index (χ1) is 18.5. The van der Waals surface area contributed by atoms with E-state index in [0.717, 1.165) is 24.8 Å². The van der Waals surface area contributed by atoms with Gasteiger partial charge in [-0.05, 0) is 38.5 Å². The highest BCUT2D eigenvalue weighted by atomic mass is 19.4. The molecule has 16 heteroatoms. The van der Waals surface area contributed by atoms with Gasteiger partial charge in [0.15, 0.2) is 5.75 Å². The molecule has 2 aliphatic heterocycles. The van der Waals surface area contributed by atoms with Crippen LogP contribution in [0.25, 0.3) is 0 Å². The fraction of sp³-hybridized carbons (Fsp3) is 0.458. The average molecular weight is 573 g/mol. The summed E-state index contributed by atoms with van der Waals surface area (Å²) >= 11 is 0. The molecule has 1 N–H and O–H groups in total. The number of carbonyl (C=O) groups is 2. The lowest BCUT2D eigenvalue weighted by atomic mass is 10.1. The van der Waals surface area contributed by atoms with Gasteiger partial charge in [-0.3, -0.25) is 9.80 Å². The van der Waals surface area contributed by atoms with Crippen molar-refractivity contribution >= 4 is 35.4 Å². The second-order valence-electron chi connectivity index (χ2n) is 9.93. The minimum atomic E-state index is -4.97. The highest BCUT2D eigenvalue weighted by Gasteiger charge is 2.39. The highest BCUT2D eigenvalue weighted by Crippen LogP contribution is 2.34. The van der Waals surface area contributed by atoms with Crippen molar-refractivity contribution in [3.63, 3.8) is 0 Å². The van der Waals surface area contributed by atoms with Crippen molar-refractivity contribution in [3.8, 4) is 5.75 Å². The molecular formula is C24H25F6N7O3. The Bertz CT molecular complexity index is 1330. The number of nitrogens with one attached hydrogen (secondary N) is 1. The summed E-state index contributed by atoms with van der Waals surface area (Å²) in [6.45, 7) is 2.48. The van der Waals surface area contributed by atoms with Crippen molar-refractivity contribution in [2.75, 3.05) is 36.5 Å². The number of benzene rings is 1. The zero-order valence-electron chi connectivity index (χ0n) is 21.6. The molecule has 2 aliphatic rings. The molecule has 10 nitrogen and oxygen atoms in total. The van der Waals surface area contributed by atoms with Crippen molar-refractivity contribution in [3.05, 3.63) is 36.0 Å². The number of amidine groups is 1. The Morgan fingerprint density at radius 2 is 1.95 bits per heavy atom. The Labute approximate surface area is 224 Å². The Hall–Kier alpha value is -4.11. The summed E-state index contributed by atoms with van der Waals surface area (Å²) in [6, 6.07) is 2.38. The van der Waals surface area contributed by atoms with Gasteiger partial charge in [0, 0.05) is 25.7 Å². The summed E-state index contributed by atoms with van der Waals surface area (Å²) < 4.78 is 85.0. The van der Waals surface area contributed by atoms with Crippen LogP contribution in [0.1, 0.15) is 32.3 Å². The molecule has 0 saturated carbocycles. The van der Waals surface area contributed by atoms with E-state index >= 15 is 0 Å². The third-order valence-corrected chi connectivity index (χ3v) is 6.02. The highest BCUT2D eigenvalue weighted by molar-refractivity contribution is 5.94. The zero-order chi connectivity index (χ0) is 29.5. The molecule has 2 fully saturated rings. The molecule has 216 valence electrons. The van der Waals surface area contributed by atoms with Gasteiger partial charge in [-0.25, -0.2) is 19.6 Å². The summed E-state index contributed by atoms with van der Waals surface area (Å²) in [7, 11) is 1.76. The molecule has 1 aromatic carbocycles. The maximum absolute atomic E-state index is 13.4. The second kappa shape index (κ2) is 10.5. The monoisotopic (exact) mass is 573 g/mol. The fourth-order valence-electron chi connectivity index (χ4n) is 4.16. The predicted molar refractivity (Wildman–Crippen MR) is 132 cm³/mol. The maximum atomic E-state index is 13.4. The molecular weight excluding hydrogens is 548 g/mol. The fourth-order valence-corrected chi connectivity index (χ4v) is 4.16. The number of hydrogen-bond acceptors (Lipinski definition) is 6. The van der Waals surface area contributed by atoms with E-state index in [0.29, 0.717) is 30.9 Å². The molecule has 1 aromatic heterocycles. The van der Waals surface area contributed by atoms with E-state index < -0.39 is 53.6 Å². The summed E-state index contributed by atoms with van der Waals surface area (Å²) in [4.78, 5) is 41.2. The number of carbonyl (C=O) groups excluding carboxylic acids is 2. The number of urea groups is 1. The Morgan fingerprint density at radius 3 is 2.52 bits per heavy atom. The first-order valence-electron chi connectivity index (χ1n) is 12.0. The third kappa shape index (κ3) is 6.71. The van der Waals surface area contributed by atoms with E-state index in [9.17, 15) is 35.9 Å². The number of anilines is 2. The molecule has 40 heavy (non-hydrogen) atoms. The largest absolute Gasteiger partial charge is 0.420 e.